The molecule has 0 saturated carbocycles. The minimum absolute atomic E-state index is 0.0479. The Hall–Kier alpha value is -2.19. The van der Waals surface area contributed by atoms with E-state index < -0.39 is 8.32 Å². The highest BCUT2D eigenvalue weighted by Crippen LogP contribution is 2.45. The molecule has 7 heteroatoms. The van der Waals surface area contributed by atoms with Crippen LogP contribution in [0.25, 0.3) is 16.6 Å². The standard InChI is InChI=1S/C24H32N2O4Si/c1-16-21(30-22(14-15-27)23(16)31(2,3)29)13-10-17-8-11-18(12-9-17)26-24(28)19-6-4-5-7-20(19)25-26/h4-9,11-12,16,21-23,25,27,29H,10,13-15H2,1-3H3/t16-,21+,22-,23+/m1/s1. The van der Waals surface area contributed by atoms with Gasteiger partial charge in [0.05, 0.1) is 28.8 Å². The van der Waals surface area contributed by atoms with Crippen molar-refractivity contribution in [2.75, 3.05) is 6.61 Å². The molecule has 0 radical (unpaired) electrons. The van der Waals surface area contributed by atoms with Gasteiger partial charge in [0.1, 0.15) is 0 Å². The number of H-pyrrole nitrogens is 1. The molecule has 1 aliphatic rings. The van der Waals surface area contributed by atoms with Gasteiger partial charge in [-0.3, -0.25) is 9.89 Å². The number of aromatic amines is 1. The van der Waals surface area contributed by atoms with Crippen LogP contribution < -0.4 is 5.56 Å². The van der Waals surface area contributed by atoms with Crippen LogP contribution in [0.4, 0.5) is 0 Å². The molecule has 3 N–H and O–H groups in total. The molecule has 0 aliphatic carbocycles. The first-order valence-corrected chi connectivity index (χ1v) is 14.1. The Labute approximate surface area is 183 Å². The lowest BCUT2D eigenvalue weighted by Crippen LogP contribution is -2.40. The van der Waals surface area contributed by atoms with Crippen LogP contribution >= 0.6 is 0 Å². The zero-order valence-electron chi connectivity index (χ0n) is 18.4. The first kappa shape index (κ1) is 22.0. The molecular formula is C24H32N2O4Si. The van der Waals surface area contributed by atoms with Crippen LogP contribution in [0.2, 0.25) is 18.6 Å². The van der Waals surface area contributed by atoms with Crippen molar-refractivity contribution in [1.82, 2.24) is 9.78 Å². The lowest BCUT2D eigenvalue weighted by atomic mass is 9.95. The number of aromatic nitrogens is 2. The molecule has 1 aromatic heterocycles. The van der Waals surface area contributed by atoms with Crippen LogP contribution in [-0.4, -0.2) is 46.8 Å². The zero-order chi connectivity index (χ0) is 22.2. The van der Waals surface area contributed by atoms with E-state index in [1.54, 1.807) is 4.68 Å². The summed E-state index contributed by atoms with van der Waals surface area (Å²) >= 11 is 0. The Morgan fingerprint density at radius 3 is 2.42 bits per heavy atom. The maximum atomic E-state index is 12.6. The van der Waals surface area contributed by atoms with E-state index in [9.17, 15) is 14.7 Å². The largest absolute Gasteiger partial charge is 0.432 e. The number of rotatable bonds is 7. The number of para-hydroxylation sites is 1. The number of hydrogen-bond acceptors (Lipinski definition) is 4. The van der Waals surface area contributed by atoms with Crippen LogP contribution in [0.1, 0.15) is 25.3 Å². The summed E-state index contributed by atoms with van der Waals surface area (Å²) in [5.41, 5.74) is 2.92. The van der Waals surface area contributed by atoms with Crippen LogP contribution in [0.15, 0.2) is 53.3 Å². The van der Waals surface area contributed by atoms with Gasteiger partial charge in [0, 0.05) is 12.1 Å². The first-order chi connectivity index (χ1) is 14.8. The Bertz CT molecular complexity index is 1080. The molecule has 4 rings (SSSR count). The summed E-state index contributed by atoms with van der Waals surface area (Å²) in [5.74, 6) is 0.271. The van der Waals surface area contributed by atoms with Crippen molar-refractivity contribution >= 4 is 19.2 Å². The van der Waals surface area contributed by atoms with E-state index in [-0.39, 0.29) is 35.8 Å². The molecular weight excluding hydrogens is 408 g/mol. The smallest absolute Gasteiger partial charge is 0.279 e. The van der Waals surface area contributed by atoms with Crippen molar-refractivity contribution in [1.29, 1.82) is 0 Å². The summed E-state index contributed by atoms with van der Waals surface area (Å²) in [7, 11) is -2.37. The molecule has 0 unspecified atom stereocenters. The van der Waals surface area contributed by atoms with E-state index in [0.717, 1.165) is 24.0 Å². The second kappa shape index (κ2) is 8.74. The van der Waals surface area contributed by atoms with Crippen molar-refractivity contribution in [2.24, 2.45) is 5.92 Å². The van der Waals surface area contributed by atoms with Crippen LogP contribution in [0.3, 0.4) is 0 Å². The molecule has 1 saturated heterocycles. The van der Waals surface area contributed by atoms with Crippen molar-refractivity contribution in [3.63, 3.8) is 0 Å². The predicted molar refractivity (Wildman–Crippen MR) is 125 cm³/mol. The number of aliphatic hydroxyl groups excluding tert-OH is 1. The fourth-order valence-corrected chi connectivity index (χ4v) is 7.82. The lowest BCUT2D eigenvalue weighted by molar-refractivity contribution is 0.0192. The van der Waals surface area contributed by atoms with E-state index in [1.165, 1.54) is 5.56 Å². The van der Waals surface area contributed by atoms with Crippen molar-refractivity contribution in [3.8, 4) is 5.69 Å². The van der Waals surface area contributed by atoms with Crippen molar-refractivity contribution < 1.29 is 14.6 Å². The van der Waals surface area contributed by atoms with E-state index in [2.05, 4.69) is 24.2 Å². The molecule has 2 heterocycles. The van der Waals surface area contributed by atoms with E-state index in [4.69, 9.17) is 4.74 Å². The molecule has 4 atom stereocenters. The van der Waals surface area contributed by atoms with Crippen LogP contribution in [0, 0.1) is 5.92 Å². The monoisotopic (exact) mass is 440 g/mol. The van der Waals surface area contributed by atoms with Gasteiger partial charge in [-0.05, 0) is 68.1 Å². The third kappa shape index (κ3) is 4.41. The summed E-state index contributed by atoms with van der Waals surface area (Å²) < 4.78 is 7.86. The molecule has 1 aliphatic heterocycles. The predicted octanol–water partition coefficient (Wildman–Crippen LogP) is 3.60. The van der Waals surface area contributed by atoms with Crippen LogP contribution in [-0.2, 0) is 11.2 Å². The summed E-state index contributed by atoms with van der Waals surface area (Å²) in [6.07, 6.45) is 2.33. The molecule has 0 bridgehead atoms. The number of ether oxygens (including phenoxy) is 1. The second-order valence-electron chi connectivity index (χ2n) is 9.27. The Balaban J connectivity index is 1.45. The third-order valence-electron chi connectivity index (χ3n) is 6.64. The number of benzene rings is 2. The Kier molecular flexibility index (Phi) is 6.21. The van der Waals surface area contributed by atoms with Gasteiger partial charge in [-0.2, -0.15) is 0 Å². The van der Waals surface area contributed by atoms with Crippen LogP contribution in [0.5, 0.6) is 0 Å². The van der Waals surface area contributed by atoms with Gasteiger partial charge in [-0.15, -0.1) is 0 Å². The highest BCUT2D eigenvalue weighted by Gasteiger charge is 2.49. The summed E-state index contributed by atoms with van der Waals surface area (Å²) in [4.78, 5) is 23.4. The zero-order valence-corrected chi connectivity index (χ0v) is 19.4. The Morgan fingerprint density at radius 1 is 1.06 bits per heavy atom. The molecule has 1 fully saturated rings. The summed E-state index contributed by atoms with van der Waals surface area (Å²) in [6.45, 7) is 6.19. The minimum atomic E-state index is -2.37. The van der Waals surface area contributed by atoms with Gasteiger partial charge < -0.3 is 14.6 Å². The average molecular weight is 441 g/mol. The number of nitrogens with zero attached hydrogens (tertiary/aromatic N) is 1. The number of aliphatic hydroxyl groups is 1. The normalized spacial score (nSPS) is 24.2. The van der Waals surface area contributed by atoms with Crippen molar-refractivity contribution in [3.05, 3.63) is 64.4 Å². The van der Waals surface area contributed by atoms with Gasteiger partial charge in [0.15, 0.2) is 8.32 Å². The van der Waals surface area contributed by atoms with Gasteiger partial charge in [0.2, 0.25) is 0 Å². The van der Waals surface area contributed by atoms with E-state index >= 15 is 0 Å². The minimum Gasteiger partial charge on any atom is -0.432 e. The summed E-state index contributed by atoms with van der Waals surface area (Å²) in [5, 5.41) is 13.2. The molecule has 0 spiro atoms. The number of hydrogen-bond donors (Lipinski definition) is 3. The number of fused-ring (bicyclic) bond motifs is 1. The highest BCUT2D eigenvalue weighted by molar-refractivity contribution is 6.71. The second-order valence-corrected chi connectivity index (χ2v) is 13.2. The molecule has 166 valence electrons. The molecule has 31 heavy (non-hydrogen) atoms. The molecule has 6 nitrogen and oxygen atoms in total. The maximum Gasteiger partial charge on any atom is 0.279 e. The first-order valence-electron chi connectivity index (χ1n) is 11.1. The van der Waals surface area contributed by atoms with E-state index in [1.807, 2.05) is 49.5 Å². The van der Waals surface area contributed by atoms with Gasteiger partial charge in [-0.25, -0.2) is 4.68 Å². The topological polar surface area (TPSA) is 87.5 Å². The lowest BCUT2D eigenvalue weighted by Gasteiger charge is -2.30. The quantitative estimate of drug-likeness (QED) is 0.490. The van der Waals surface area contributed by atoms with Crippen molar-refractivity contribution in [2.45, 2.75) is 57.0 Å². The van der Waals surface area contributed by atoms with Gasteiger partial charge >= 0.3 is 0 Å². The highest BCUT2D eigenvalue weighted by atomic mass is 28.4. The fraction of sp³-hybridized carbons (Fsp3) is 0.458. The number of aryl methyl sites for hydroxylation is 1. The fourth-order valence-electron chi connectivity index (χ4n) is 5.17. The van der Waals surface area contributed by atoms with E-state index in [0.29, 0.717) is 11.8 Å². The molecule has 0 amide bonds. The SMILES string of the molecule is C[C@H]1[C@H]([Si](C)(C)O)[C@@H](CCO)O[C@H]1CCc1ccc(-n2[nH]c3ccccc3c2=O)cc1. The average Bonchev–Trinajstić information content (AvgIpc) is 3.24. The Morgan fingerprint density at radius 2 is 1.77 bits per heavy atom. The molecule has 2 aromatic carbocycles. The number of nitrogens with one attached hydrogen (secondary N) is 1. The van der Waals surface area contributed by atoms with Gasteiger partial charge in [-0.1, -0.05) is 31.2 Å². The maximum absolute atomic E-state index is 12.6. The van der Waals surface area contributed by atoms with Gasteiger partial charge in [0.25, 0.3) is 5.56 Å². The summed E-state index contributed by atoms with van der Waals surface area (Å²) in [6, 6.07) is 15.5. The third-order valence-corrected chi connectivity index (χ3v) is 9.17. The molecule has 3 aromatic rings.